The maximum atomic E-state index is 10.9. The van der Waals surface area contributed by atoms with Crippen LogP contribution in [0.1, 0.15) is 26.3 Å². The molecule has 0 amide bonds. The Bertz CT molecular complexity index is 573. The fourth-order valence-corrected chi connectivity index (χ4v) is 3.36. The van der Waals surface area contributed by atoms with E-state index in [4.69, 9.17) is 11.6 Å². The van der Waals surface area contributed by atoms with Crippen molar-refractivity contribution in [2.75, 3.05) is 11.8 Å². The summed E-state index contributed by atoms with van der Waals surface area (Å²) in [7, 11) is 0. The van der Waals surface area contributed by atoms with E-state index in [1.54, 1.807) is 24.0 Å². The summed E-state index contributed by atoms with van der Waals surface area (Å²) in [6.45, 7) is 6.53. The molecule has 1 fully saturated rings. The lowest BCUT2D eigenvalue weighted by Crippen LogP contribution is -2.55. The highest BCUT2D eigenvalue weighted by molar-refractivity contribution is 7.99. The van der Waals surface area contributed by atoms with Crippen LogP contribution >= 0.6 is 23.4 Å². The van der Waals surface area contributed by atoms with Crippen LogP contribution in [-0.4, -0.2) is 43.1 Å². The van der Waals surface area contributed by atoms with Gasteiger partial charge in [0.05, 0.1) is 11.8 Å². The molecular weight excluding hydrogens is 326 g/mol. The third kappa shape index (κ3) is 4.23. The molecule has 120 valence electrons. The molecule has 2 heterocycles. The summed E-state index contributed by atoms with van der Waals surface area (Å²) in [5, 5.41) is 14.3. The van der Waals surface area contributed by atoms with Crippen LogP contribution < -0.4 is 0 Å². The Labute approximate surface area is 138 Å². The molecule has 0 spiro atoms. The Balaban J connectivity index is 2.27. The van der Waals surface area contributed by atoms with Gasteiger partial charge in [0.25, 0.3) is 5.96 Å². The van der Waals surface area contributed by atoms with Gasteiger partial charge in [-0.25, -0.2) is 15.1 Å². The summed E-state index contributed by atoms with van der Waals surface area (Å²) in [5.41, 5.74) is 0.676. The van der Waals surface area contributed by atoms with E-state index in [1.165, 1.54) is 0 Å². The quantitative estimate of drug-likeness (QED) is 0.477. The van der Waals surface area contributed by atoms with Gasteiger partial charge in [0.1, 0.15) is 10.3 Å². The monoisotopic (exact) mass is 343 g/mol. The zero-order valence-corrected chi connectivity index (χ0v) is 14.3. The molecule has 0 bridgehead atoms. The predicted molar refractivity (Wildman–Crippen MR) is 88.1 cm³/mol. The van der Waals surface area contributed by atoms with Crippen molar-refractivity contribution in [2.45, 2.75) is 32.9 Å². The molecule has 0 radical (unpaired) electrons. The topological polar surface area (TPSA) is 74.9 Å². The third-order valence-corrected chi connectivity index (χ3v) is 4.29. The van der Waals surface area contributed by atoms with Crippen LogP contribution in [0.15, 0.2) is 23.4 Å². The van der Waals surface area contributed by atoms with Crippen LogP contribution in [0.3, 0.4) is 0 Å². The van der Waals surface area contributed by atoms with E-state index in [1.807, 2.05) is 36.6 Å². The van der Waals surface area contributed by atoms with Crippen LogP contribution in [0.25, 0.3) is 0 Å². The molecule has 0 saturated carbocycles. The number of thioether (sulfide) groups is 1. The fraction of sp³-hybridized carbons (Fsp3) is 0.538. The van der Waals surface area contributed by atoms with Crippen LogP contribution in [0.4, 0.5) is 0 Å². The van der Waals surface area contributed by atoms with Crippen molar-refractivity contribution in [1.82, 2.24) is 14.8 Å². The van der Waals surface area contributed by atoms with Gasteiger partial charge in [-0.05, 0) is 32.4 Å². The summed E-state index contributed by atoms with van der Waals surface area (Å²) >= 11 is 7.48. The van der Waals surface area contributed by atoms with Crippen molar-refractivity contribution in [2.24, 2.45) is 5.10 Å². The molecule has 1 aliphatic heterocycles. The van der Waals surface area contributed by atoms with Crippen LogP contribution in [0.5, 0.6) is 0 Å². The van der Waals surface area contributed by atoms with Gasteiger partial charge in [-0.2, -0.15) is 0 Å². The summed E-state index contributed by atoms with van der Waals surface area (Å²) in [6, 6.07) is 3.57. The molecule has 1 saturated heterocycles. The Morgan fingerprint density at radius 1 is 1.45 bits per heavy atom. The average Bonchev–Trinajstić information content (AvgIpc) is 2.41. The number of nitrogens with zero attached hydrogens (tertiary/aromatic N) is 5. The van der Waals surface area contributed by atoms with E-state index < -0.39 is 5.03 Å². The third-order valence-electron chi connectivity index (χ3n) is 3.13. The van der Waals surface area contributed by atoms with Crippen LogP contribution in [0.2, 0.25) is 5.15 Å². The average molecular weight is 344 g/mol. The van der Waals surface area contributed by atoms with E-state index in [9.17, 15) is 10.1 Å². The number of hydrogen-bond acceptors (Lipinski definition) is 4. The summed E-state index contributed by atoms with van der Waals surface area (Å²) in [6.07, 6.45) is 1.67. The molecule has 9 heteroatoms. The molecule has 1 aliphatic rings. The number of rotatable bonds is 3. The van der Waals surface area contributed by atoms with Gasteiger partial charge in [0.2, 0.25) is 0 Å². The normalized spacial score (nSPS) is 17.9. The summed E-state index contributed by atoms with van der Waals surface area (Å²) in [4.78, 5) is 18.8. The van der Waals surface area contributed by atoms with Gasteiger partial charge in [-0.15, -0.1) is 11.8 Å². The van der Waals surface area contributed by atoms with Crippen molar-refractivity contribution in [3.8, 4) is 0 Å². The van der Waals surface area contributed by atoms with Crippen molar-refractivity contribution in [1.29, 1.82) is 0 Å². The van der Waals surface area contributed by atoms with E-state index in [-0.39, 0.29) is 5.54 Å². The Morgan fingerprint density at radius 3 is 2.73 bits per heavy atom. The highest BCUT2D eigenvalue weighted by Crippen LogP contribution is 2.26. The van der Waals surface area contributed by atoms with Crippen LogP contribution in [-0.2, 0) is 6.54 Å². The van der Waals surface area contributed by atoms with Gasteiger partial charge in [0, 0.05) is 18.3 Å². The molecule has 2 rings (SSSR count). The number of guanidine groups is 1. The number of hydrogen-bond donors (Lipinski definition) is 0. The minimum atomic E-state index is -0.642. The first-order valence-electron chi connectivity index (χ1n) is 6.71. The Hall–Kier alpha value is -1.54. The first-order chi connectivity index (χ1) is 10.3. The Kier molecular flexibility index (Phi) is 5.12. The fourth-order valence-electron chi connectivity index (χ4n) is 2.05. The van der Waals surface area contributed by atoms with Crippen molar-refractivity contribution in [3.05, 3.63) is 39.2 Å². The maximum Gasteiger partial charge on any atom is 0.276 e. The van der Waals surface area contributed by atoms with Crippen molar-refractivity contribution >= 4 is 29.3 Å². The van der Waals surface area contributed by atoms with Gasteiger partial charge >= 0.3 is 0 Å². The summed E-state index contributed by atoms with van der Waals surface area (Å²) < 4.78 is 0. The molecule has 7 nitrogen and oxygen atoms in total. The van der Waals surface area contributed by atoms with Crippen LogP contribution in [0, 0.1) is 10.1 Å². The van der Waals surface area contributed by atoms with E-state index >= 15 is 0 Å². The van der Waals surface area contributed by atoms with Crippen molar-refractivity contribution < 1.29 is 5.03 Å². The molecule has 0 aliphatic carbocycles. The summed E-state index contributed by atoms with van der Waals surface area (Å²) in [5.74, 6) is 1.69. The number of pyridine rings is 1. The zero-order valence-electron chi connectivity index (χ0n) is 12.7. The highest BCUT2D eigenvalue weighted by atomic mass is 35.5. The van der Waals surface area contributed by atoms with E-state index in [0.29, 0.717) is 29.4 Å². The number of halogens is 1. The minimum absolute atomic E-state index is 0.251. The first kappa shape index (κ1) is 16.8. The molecule has 0 aromatic carbocycles. The SMILES string of the molecule is CC(C)(C)N1CSCN(Cc2ccc(Cl)nc2)C1=N[N+](=O)[O-]. The molecule has 0 atom stereocenters. The molecular formula is C13H18ClN5O2S. The van der Waals surface area contributed by atoms with Gasteiger partial charge in [0.15, 0.2) is 5.03 Å². The van der Waals surface area contributed by atoms with Crippen molar-refractivity contribution in [3.63, 3.8) is 0 Å². The highest BCUT2D eigenvalue weighted by Gasteiger charge is 2.34. The van der Waals surface area contributed by atoms with Gasteiger partial charge < -0.3 is 9.80 Å². The molecule has 1 aromatic heterocycles. The second kappa shape index (κ2) is 6.70. The maximum absolute atomic E-state index is 10.9. The predicted octanol–water partition coefficient (Wildman–Crippen LogP) is 2.85. The second-order valence-corrected chi connectivity index (χ2v) is 7.20. The number of hydrazone groups is 1. The molecule has 0 N–H and O–H groups in total. The number of nitro groups is 1. The molecule has 0 unspecified atom stereocenters. The lowest BCUT2D eigenvalue weighted by atomic mass is 10.1. The lowest BCUT2D eigenvalue weighted by molar-refractivity contribution is -0.486. The van der Waals surface area contributed by atoms with E-state index in [0.717, 1.165) is 5.56 Å². The lowest BCUT2D eigenvalue weighted by Gasteiger charge is -2.43. The zero-order chi connectivity index (χ0) is 16.3. The van der Waals surface area contributed by atoms with Gasteiger partial charge in [-0.1, -0.05) is 17.7 Å². The van der Waals surface area contributed by atoms with Gasteiger partial charge in [-0.3, -0.25) is 0 Å². The smallest absolute Gasteiger partial charge is 0.276 e. The number of aromatic nitrogens is 1. The Morgan fingerprint density at radius 2 is 2.18 bits per heavy atom. The van der Waals surface area contributed by atoms with E-state index in [2.05, 4.69) is 10.1 Å². The largest absolute Gasteiger partial charge is 0.324 e. The first-order valence-corrected chi connectivity index (χ1v) is 8.24. The minimum Gasteiger partial charge on any atom is -0.324 e. The molecule has 1 aromatic rings. The molecule has 22 heavy (non-hydrogen) atoms. The standard InChI is InChI=1S/C13H18ClN5O2S/c1-13(2,3)18-9-22-8-17(12(18)16-19(20)21)7-10-4-5-11(14)15-6-10/h4-6H,7-9H2,1-3H3. The second-order valence-electron chi connectivity index (χ2n) is 5.89.